The summed E-state index contributed by atoms with van der Waals surface area (Å²) in [5.74, 6) is 0.374. The van der Waals surface area contributed by atoms with Crippen LogP contribution in [0.25, 0.3) is 0 Å². The second-order valence-corrected chi connectivity index (χ2v) is 6.95. The Labute approximate surface area is 77.8 Å². The van der Waals surface area contributed by atoms with Gasteiger partial charge in [0.25, 0.3) is 0 Å². The standard InChI is InChI=1S/C7H10Br2O/c1-4(10)5-6(2,3)7(5,8)9/h5H,1-3H3. The molecule has 58 valence electrons. The lowest BCUT2D eigenvalue weighted by Crippen LogP contribution is -1.99. The van der Waals surface area contributed by atoms with Crippen molar-refractivity contribution < 1.29 is 4.79 Å². The van der Waals surface area contributed by atoms with E-state index in [2.05, 4.69) is 45.7 Å². The van der Waals surface area contributed by atoms with E-state index in [1.165, 1.54) is 0 Å². The third kappa shape index (κ3) is 0.900. The van der Waals surface area contributed by atoms with Crippen LogP contribution in [0.2, 0.25) is 0 Å². The molecule has 0 heterocycles. The molecule has 1 aliphatic carbocycles. The Balaban J connectivity index is 2.81. The number of halogens is 2. The number of hydrogen-bond donors (Lipinski definition) is 0. The predicted octanol–water partition coefficient (Wildman–Crippen LogP) is 2.72. The Kier molecular flexibility index (Phi) is 1.80. The maximum absolute atomic E-state index is 11.0. The molecule has 1 atom stereocenters. The lowest BCUT2D eigenvalue weighted by atomic mass is 10.1. The van der Waals surface area contributed by atoms with E-state index in [4.69, 9.17) is 0 Å². The molecule has 0 amide bonds. The highest BCUT2D eigenvalue weighted by Crippen LogP contribution is 2.71. The first kappa shape index (κ1) is 8.72. The predicted molar refractivity (Wildman–Crippen MR) is 48.5 cm³/mol. The van der Waals surface area contributed by atoms with Gasteiger partial charge < -0.3 is 0 Å². The summed E-state index contributed by atoms with van der Waals surface area (Å²) in [5.41, 5.74) is 0.0683. The molecule has 1 aliphatic rings. The van der Waals surface area contributed by atoms with Crippen molar-refractivity contribution in [3.8, 4) is 0 Å². The van der Waals surface area contributed by atoms with Crippen molar-refractivity contribution in [2.45, 2.75) is 24.0 Å². The normalized spacial score (nSPS) is 33.5. The lowest BCUT2D eigenvalue weighted by molar-refractivity contribution is -0.118. The van der Waals surface area contributed by atoms with Crippen molar-refractivity contribution in [1.82, 2.24) is 0 Å². The van der Waals surface area contributed by atoms with Crippen LogP contribution in [0, 0.1) is 11.3 Å². The highest BCUT2D eigenvalue weighted by atomic mass is 79.9. The summed E-state index contributed by atoms with van der Waals surface area (Å²) in [6.45, 7) is 5.78. The number of carbonyl (C=O) groups excluding carboxylic acids is 1. The van der Waals surface area contributed by atoms with Gasteiger partial charge in [-0.1, -0.05) is 45.7 Å². The molecule has 1 saturated carbocycles. The van der Waals surface area contributed by atoms with Gasteiger partial charge in [-0.25, -0.2) is 0 Å². The van der Waals surface area contributed by atoms with Gasteiger partial charge in [-0.3, -0.25) is 4.79 Å². The molecule has 0 saturated heterocycles. The van der Waals surface area contributed by atoms with Crippen molar-refractivity contribution in [2.75, 3.05) is 0 Å². The number of carbonyl (C=O) groups is 1. The van der Waals surface area contributed by atoms with Crippen LogP contribution in [0.4, 0.5) is 0 Å². The molecule has 1 nitrogen and oxygen atoms in total. The maximum atomic E-state index is 11.0. The zero-order valence-corrected chi connectivity index (χ0v) is 9.41. The van der Waals surface area contributed by atoms with Crippen molar-refractivity contribution in [2.24, 2.45) is 11.3 Å². The zero-order chi connectivity index (χ0) is 8.15. The number of alkyl halides is 2. The summed E-state index contributed by atoms with van der Waals surface area (Å²) in [6, 6.07) is 0. The average molecular weight is 270 g/mol. The van der Waals surface area contributed by atoms with Gasteiger partial charge in [0, 0.05) is 5.41 Å². The summed E-state index contributed by atoms with van der Waals surface area (Å²) in [5, 5.41) is 0. The second kappa shape index (κ2) is 2.07. The molecule has 0 N–H and O–H groups in total. The topological polar surface area (TPSA) is 17.1 Å². The number of rotatable bonds is 1. The summed E-state index contributed by atoms with van der Waals surface area (Å²) >= 11 is 6.94. The molecule has 0 aliphatic heterocycles. The minimum atomic E-state index is -0.140. The van der Waals surface area contributed by atoms with E-state index in [1.807, 2.05) is 0 Å². The molecule has 0 aromatic heterocycles. The fourth-order valence-electron chi connectivity index (χ4n) is 1.42. The third-order valence-corrected chi connectivity index (χ3v) is 5.23. The Morgan fingerprint density at radius 2 is 1.70 bits per heavy atom. The highest BCUT2D eigenvalue weighted by Gasteiger charge is 2.70. The molecule has 1 unspecified atom stereocenters. The van der Waals surface area contributed by atoms with Crippen LogP contribution in [0.5, 0.6) is 0 Å². The Bertz CT molecular complexity index is 170. The van der Waals surface area contributed by atoms with E-state index in [9.17, 15) is 4.79 Å². The van der Waals surface area contributed by atoms with Crippen molar-refractivity contribution in [3.05, 3.63) is 0 Å². The van der Waals surface area contributed by atoms with Crippen molar-refractivity contribution >= 4 is 37.6 Å². The summed E-state index contributed by atoms with van der Waals surface area (Å²) < 4.78 is -0.140. The van der Waals surface area contributed by atoms with E-state index in [-0.39, 0.29) is 20.3 Å². The minimum Gasteiger partial charge on any atom is -0.300 e. The first-order chi connectivity index (χ1) is 4.32. The van der Waals surface area contributed by atoms with Crippen molar-refractivity contribution in [3.63, 3.8) is 0 Å². The van der Waals surface area contributed by atoms with E-state index >= 15 is 0 Å². The van der Waals surface area contributed by atoms with Crippen molar-refractivity contribution in [1.29, 1.82) is 0 Å². The lowest BCUT2D eigenvalue weighted by Gasteiger charge is -1.99. The minimum absolute atomic E-state index is 0.0683. The summed E-state index contributed by atoms with van der Waals surface area (Å²) in [6.07, 6.45) is 0. The van der Waals surface area contributed by atoms with Crippen LogP contribution in [0.3, 0.4) is 0 Å². The van der Waals surface area contributed by atoms with Crippen LogP contribution < -0.4 is 0 Å². The highest BCUT2D eigenvalue weighted by molar-refractivity contribution is 9.25. The van der Waals surface area contributed by atoms with Gasteiger partial charge in [0.05, 0.1) is 9.15 Å². The Morgan fingerprint density at radius 1 is 1.40 bits per heavy atom. The molecule has 0 radical (unpaired) electrons. The van der Waals surface area contributed by atoms with Gasteiger partial charge in [0.15, 0.2) is 0 Å². The first-order valence-corrected chi connectivity index (χ1v) is 4.78. The molecular formula is C7H10Br2O. The quantitative estimate of drug-likeness (QED) is 0.669. The zero-order valence-electron chi connectivity index (χ0n) is 6.24. The van der Waals surface area contributed by atoms with Gasteiger partial charge >= 0.3 is 0 Å². The van der Waals surface area contributed by atoms with E-state index < -0.39 is 0 Å². The van der Waals surface area contributed by atoms with Gasteiger partial charge in [-0.05, 0) is 6.92 Å². The second-order valence-electron chi connectivity index (χ2n) is 3.39. The van der Waals surface area contributed by atoms with E-state index in [0.29, 0.717) is 0 Å². The molecule has 0 aromatic carbocycles. The van der Waals surface area contributed by atoms with E-state index in [0.717, 1.165) is 0 Å². The average Bonchev–Trinajstić information content (AvgIpc) is 1.97. The molecule has 0 bridgehead atoms. The van der Waals surface area contributed by atoms with Gasteiger partial charge in [-0.2, -0.15) is 0 Å². The van der Waals surface area contributed by atoms with Crippen LogP contribution in [0.15, 0.2) is 0 Å². The number of Topliss-reactive ketones (excluding diaryl/α,β-unsaturated/α-hetero) is 1. The summed E-state index contributed by atoms with van der Waals surface area (Å²) in [4.78, 5) is 11.0. The summed E-state index contributed by atoms with van der Waals surface area (Å²) in [7, 11) is 0. The van der Waals surface area contributed by atoms with Crippen LogP contribution >= 0.6 is 31.9 Å². The molecule has 10 heavy (non-hydrogen) atoms. The van der Waals surface area contributed by atoms with Gasteiger partial charge in [-0.15, -0.1) is 0 Å². The molecule has 0 spiro atoms. The SMILES string of the molecule is CC(=O)C1C(C)(C)C1(Br)Br. The first-order valence-electron chi connectivity index (χ1n) is 3.20. The fourth-order valence-corrected chi connectivity index (χ4v) is 3.44. The molecule has 3 heteroatoms. The van der Waals surface area contributed by atoms with Crippen LogP contribution in [-0.2, 0) is 4.79 Å². The maximum Gasteiger partial charge on any atom is 0.135 e. The molecule has 0 aromatic rings. The molecular weight excluding hydrogens is 260 g/mol. The third-order valence-electron chi connectivity index (χ3n) is 2.27. The Morgan fingerprint density at radius 3 is 1.70 bits per heavy atom. The Hall–Kier alpha value is 0.630. The molecule has 1 fully saturated rings. The van der Waals surface area contributed by atoms with Gasteiger partial charge in [0.1, 0.15) is 5.78 Å². The van der Waals surface area contributed by atoms with Crippen LogP contribution in [-0.4, -0.2) is 9.02 Å². The van der Waals surface area contributed by atoms with Crippen LogP contribution in [0.1, 0.15) is 20.8 Å². The monoisotopic (exact) mass is 268 g/mol. The smallest absolute Gasteiger partial charge is 0.135 e. The molecule has 1 rings (SSSR count). The number of hydrogen-bond acceptors (Lipinski definition) is 1. The largest absolute Gasteiger partial charge is 0.300 e. The fraction of sp³-hybridized carbons (Fsp3) is 0.857. The van der Waals surface area contributed by atoms with E-state index in [1.54, 1.807) is 6.92 Å². The number of ketones is 1. The van der Waals surface area contributed by atoms with Gasteiger partial charge in [0.2, 0.25) is 0 Å².